The van der Waals surface area contributed by atoms with E-state index in [1.54, 1.807) is 36.7 Å². The fourth-order valence-corrected chi connectivity index (χ4v) is 3.58. The molecule has 31 heavy (non-hydrogen) atoms. The molecule has 0 saturated carbocycles. The number of carbonyl (C=O) groups excluding carboxylic acids is 2. The van der Waals surface area contributed by atoms with Crippen LogP contribution in [0, 0.1) is 5.92 Å². The van der Waals surface area contributed by atoms with Crippen molar-refractivity contribution in [2.24, 2.45) is 5.92 Å². The molecular formula is C22H28N4O5. The second-order valence-corrected chi connectivity index (χ2v) is 7.23. The summed E-state index contributed by atoms with van der Waals surface area (Å²) in [4.78, 5) is 30.7. The Kier molecular flexibility index (Phi) is 7.53. The van der Waals surface area contributed by atoms with E-state index in [4.69, 9.17) is 14.2 Å². The fraction of sp³-hybridized carbons (Fsp3) is 0.409. The van der Waals surface area contributed by atoms with Crippen LogP contribution in [0.15, 0.2) is 36.7 Å². The molecule has 3 rings (SSSR count). The minimum atomic E-state index is -0.317. The van der Waals surface area contributed by atoms with Crippen molar-refractivity contribution in [1.82, 2.24) is 15.2 Å². The Labute approximate surface area is 181 Å². The van der Waals surface area contributed by atoms with Crippen molar-refractivity contribution in [3.05, 3.63) is 42.2 Å². The number of aromatic nitrogens is 1. The Morgan fingerprint density at radius 1 is 1.10 bits per heavy atom. The maximum absolute atomic E-state index is 12.5. The Hall–Kier alpha value is -3.49. The Morgan fingerprint density at radius 2 is 1.77 bits per heavy atom. The van der Waals surface area contributed by atoms with E-state index in [9.17, 15) is 9.59 Å². The fourth-order valence-electron chi connectivity index (χ4n) is 3.58. The molecule has 1 aromatic heterocycles. The van der Waals surface area contributed by atoms with Crippen LogP contribution in [0.4, 0.5) is 10.5 Å². The van der Waals surface area contributed by atoms with Gasteiger partial charge in [-0.2, -0.15) is 0 Å². The number of nitrogens with one attached hydrogen (secondary N) is 2. The summed E-state index contributed by atoms with van der Waals surface area (Å²) >= 11 is 0. The molecule has 1 saturated heterocycles. The largest absolute Gasteiger partial charge is 0.493 e. The van der Waals surface area contributed by atoms with Crippen LogP contribution < -0.4 is 24.8 Å². The molecular weight excluding hydrogens is 400 g/mol. The molecule has 1 fully saturated rings. The summed E-state index contributed by atoms with van der Waals surface area (Å²) in [6, 6.07) is 6.56. The number of likely N-dealkylation sites (tertiary alicyclic amines) is 1. The number of ether oxygens (including phenoxy) is 3. The third-order valence-electron chi connectivity index (χ3n) is 5.28. The molecule has 166 valence electrons. The number of carbonyl (C=O) groups is 2. The van der Waals surface area contributed by atoms with Crippen molar-refractivity contribution < 1.29 is 23.8 Å². The van der Waals surface area contributed by atoms with Crippen LogP contribution in [0.1, 0.15) is 23.2 Å². The van der Waals surface area contributed by atoms with Crippen LogP contribution >= 0.6 is 0 Å². The molecule has 2 N–H and O–H groups in total. The smallest absolute Gasteiger partial charge is 0.319 e. The minimum absolute atomic E-state index is 0.000322. The van der Waals surface area contributed by atoms with E-state index in [-0.39, 0.29) is 11.9 Å². The molecule has 9 heteroatoms. The Morgan fingerprint density at radius 3 is 2.32 bits per heavy atom. The third-order valence-corrected chi connectivity index (χ3v) is 5.28. The van der Waals surface area contributed by atoms with Gasteiger partial charge in [-0.05, 0) is 30.9 Å². The topological polar surface area (TPSA) is 102 Å². The van der Waals surface area contributed by atoms with Crippen LogP contribution in [0.5, 0.6) is 17.2 Å². The van der Waals surface area contributed by atoms with Gasteiger partial charge in [0, 0.05) is 44.2 Å². The lowest BCUT2D eigenvalue weighted by Crippen LogP contribution is -2.42. The predicted molar refractivity (Wildman–Crippen MR) is 116 cm³/mol. The number of hydrogen-bond donors (Lipinski definition) is 2. The lowest BCUT2D eigenvalue weighted by Gasteiger charge is -2.32. The van der Waals surface area contributed by atoms with Gasteiger partial charge in [0.1, 0.15) is 0 Å². The number of benzene rings is 1. The Balaban J connectivity index is 1.48. The number of rotatable bonds is 7. The number of piperidine rings is 1. The molecule has 2 heterocycles. The number of hydrogen-bond acceptors (Lipinski definition) is 6. The predicted octanol–water partition coefficient (Wildman–Crippen LogP) is 2.78. The number of anilines is 1. The highest BCUT2D eigenvalue weighted by Gasteiger charge is 2.24. The molecule has 0 unspecified atom stereocenters. The quantitative estimate of drug-likeness (QED) is 0.703. The zero-order chi connectivity index (χ0) is 22.2. The standard InChI is InChI=1S/C22H28N4O5/c1-29-18-11-17(12-19(30-2)20(18)31-3)25-22(28)24-13-15-6-9-26(10-7-15)21(27)16-5-4-8-23-14-16/h4-5,8,11-12,14-15H,6-7,9-10,13H2,1-3H3,(H2,24,25,28). The molecule has 0 radical (unpaired) electrons. The van der Waals surface area contributed by atoms with Crippen LogP contribution in [-0.4, -0.2) is 62.8 Å². The molecule has 3 amide bonds. The average Bonchev–Trinajstić information content (AvgIpc) is 2.82. The summed E-state index contributed by atoms with van der Waals surface area (Å²) in [5, 5.41) is 5.70. The highest BCUT2D eigenvalue weighted by molar-refractivity contribution is 5.94. The zero-order valence-electron chi connectivity index (χ0n) is 18.0. The second kappa shape index (κ2) is 10.5. The van der Waals surface area contributed by atoms with Gasteiger partial charge in [-0.1, -0.05) is 0 Å². The van der Waals surface area contributed by atoms with Crippen LogP contribution in [0.25, 0.3) is 0 Å². The van der Waals surface area contributed by atoms with E-state index in [1.807, 2.05) is 4.90 Å². The lowest BCUT2D eigenvalue weighted by molar-refractivity contribution is 0.0690. The summed E-state index contributed by atoms with van der Waals surface area (Å²) < 4.78 is 15.9. The summed E-state index contributed by atoms with van der Waals surface area (Å²) in [5.41, 5.74) is 1.13. The number of pyridine rings is 1. The molecule has 1 aromatic carbocycles. The molecule has 2 aromatic rings. The Bertz CT molecular complexity index is 873. The van der Waals surface area contributed by atoms with E-state index >= 15 is 0 Å². The molecule has 1 aliphatic rings. The van der Waals surface area contributed by atoms with Crippen molar-refractivity contribution in [3.8, 4) is 17.2 Å². The first-order chi connectivity index (χ1) is 15.0. The van der Waals surface area contributed by atoms with E-state index in [2.05, 4.69) is 15.6 Å². The molecule has 0 aliphatic carbocycles. The van der Waals surface area contributed by atoms with E-state index < -0.39 is 0 Å². The second-order valence-electron chi connectivity index (χ2n) is 7.23. The number of amides is 3. The lowest BCUT2D eigenvalue weighted by atomic mass is 9.96. The van der Waals surface area contributed by atoms with E-state index in [0.717, 1.165) is 12.8 Å². The van der Waals surface area contributed by atoms with Crippen molar-refractivity contribution in [2.45, 2.75) is 12.8 Å². The average molecular weight is 428 g/mol. The SMILES string of the molecule is COc1cc(NC(=O)NCC2CCN(C(=O)c3cccnc3)CC2)cc(OC)c1OC. The third kappa shape index (κ3) is 5.56. The number of methoxy groups -OCH3 is 3. The zero-order valence-corrected chi connectivity index (χ0v) is 18.0. The first-order valence-electron chi connectivity index (χ1n) is 10.1. The maximum atomic E-state index is 12.5. The highest BCUT2D eigenvalue weighted by Crippen LogP contribution is 2.39. The number of nitrogens with zero attached hydrogens (tertiary/aromatic N) is 2. The molecule has 0 atom stereocenters. The van der Waals surface area contributed by atoms with Gasteiger partial charge in [-0.15, -0.1) is 0 Å². The summed E-state index contributed by atoms with van der Waals surface area (Å²) in [6.07, 6.45) is 4.90. The van der Waals surface area contributed by atoms with Gasteiger partial charge in [-0.3, -0.25) is 9.78 Å². The molecule has 1 aliphatic heterocycles. The molecule has 0 bridgehead atoms. The first kappa shape index (κ1) is 22.2. The van der Waals surface area contributed by atoms with Crippen LogP contribution in [0.2, 0.25) is 0 Å². The van der Waals surface area contributed by atoms with Gasteiger partial charge in [0.2, 0.25) is 5.75 Å². The van der Waals surface area contributed by atoms with Gasteiger partial charge in [0.25, 0.3) is 5.91 Å². The molecule has 0 spiro atoms. The van der Waals surface area contributed by atoms with Gasteiger partial charge in [-0.25, -0.2) is 4.79 Å². The van der Waals surface area contributed by atoms with E-state index in [0.29, 0.717) is 54.1 Å². The van der Waals surface area contributed by atoms with Crippen molar-refractivity contribution in [3.63, 3.8) is 0 Å². The summed E-state index contributed by atoms with van der Waals surface area (Å²) in [5.74, 6) is 1.69. The van der Waals surface area contributed by atoms with E-state index in [1.165, 1.54) is 21.3 Å². The van der Waals surface area contributed by atoms with Crippen LogP contribution in [0.3, 0.4) is 0 Å². The van der Waals surface area contributed by atoms with Gasteiger partial charge < -0.3 is 29.7 Å². The number of urea groups is 1. The highest BCUT2D eigenvalue weighted by atomic mass is 16.5. The van der Waals surface area contributed by atoms with Gasteiger partial charge in [0.05, 0.1) is 32.6 Å². The van der Waals surface area contributed by atoms with Gasteiger partial charge >= 0.3 is 6.03 Å². The van der Waals surface area contributed by atoms with Gasteiger partial charge in [0.15, 0.2) is 11.5 Å². The first-order valence-corrected chi connectivity index (χ1v) is 10.1. The van der Waals surface area contributed by atoms with Crippen molar-refractivity contribution in [1.29, 1.82) is 0 Å². The van der Waals surface area contributed by atoms with Crippen molar-refractivity contribution in [2.75, 3.05) is 46.3 Å². The maximum Gasteiger partial charge on any atom is 0.319 e. The molecule has 9 nitrogen and oxygen atoms in total. The minimum Gasteiger partial charge on any atom is -0.493 e. The monoisotopic (exact) mass is 428 g/mol. The van der Waals surface area contributed by atoms with Crippen LogP contribution in [-0.2, 0) is 0 Å². The summed E-state index contributed by atoms with van der Waals surface area (Å²) in [6.45, 7) is 1.86. The summed E-state index contributed by atoms with van der Waals surface area (Å²) in [7, 11) is 4.56. The van der Waals surface area contributed by atoms with Crippen molar-refractivity contribution >= 4 is 17.6 Å². The normalized spacial score (nSPS) is 14.0.